The zero-order chi connectivity index (χ0) is 22.7. The molecule has 13 heteroatoms. The van der Waals surface area contributed by atoms with Gasteiger partial charge in [0, 0.05) is 19.6 Å². The Balaban J connectivity index is 2.75. The number of nitrogens with one attached hydrogen (secondary N) is 1. The summed E-state index contributed by atoms with van der Waals surface area (Å²) in [6.07, 6.45) is 2.42. The van der Waals surface area contributed by atoms with Crippen molar-refractivity contribution < 1.29 is 19.5 Å². The Morgan fingerprint density at radius 3 is 2.13 bits per heavy atom. The van der Waals surface area contributed by atoms with Crippen LogP contribution in [0.3, 0.4) is 0 Å². The smallest absolute Gasteiger partial charge is 0.326 e. The third-order valence-electron chi connectivity index (χ3n) is 4.69. The molecule has 0 aromatic heterocycles. The van der Waals surface area contributed by atoms with Crippen molar-refractivity contribution >= 4 is 29.7 Å². The van der Waals surface area contributed by atoms with Crippen molar-refractivity contribution in [2.75, 3.05) is 19.6 Å². The highest BCUT2D eigenvalue weighted by Crippen LogP contribution is 2.19. The molecule has 0 radical (unpaired) electrons. The van der Waals surface area contributed by atoms with E-state index < -0.39 is 35.9 Å². The molecular weight excluding hydrogens is 394 g/mol. The third-order valence-corrected chi connectivity index (χ3v) is 4.69. The molecule has 2 amide bonds. The normalized spacial score (nSPS) is 17.6. The number of amides is 2. The van der Waals surface area contributed by atoms with Crippen molar-refractivity contribution in [1.29, 1.82) is 0 Å². The maximum atomic E-state index is 13.0. The van der Waals surface area contributed by atoms with Gasteiger partial charge in [0.15, 0.2) is 11.9 Å². The highest BCUT2D eigenvalue weighted by molar-refractivity contribution is 5.92. The van der Waals surface area contributed by atoms with Gasteiger partial charge in [-0.15, -0.1) is 0 Å². The van der Waals surface area contributed by atoms with E-state index in [4.69, 9.17) is 28.7 Å². The fourth-order valence-electron chi connectivity index (χ4n) is 3.18. The summed E-state index contributed by atoms with van der Waals surface area (Å²) in [7, 11) is 0. The Bertz CT molecular complexity index is 660. The van der Waals surface area contributed by atoms with Crippen molar-refractivity contribution in [3.8, 4) is 0 Å². The van der Waals surface area contributed by atoms with E-state index in [2.05, 4.69) is 15.3 Å². The van der Waals surface area contributed by atoms with Gasteiger partial charge in [-0.05, 0) is 38.5 Å². The predicted octanol–water partition coefficient (Wildman–Crippen LogP) is -3.02. The molecule has 0 bridgehead atoms. The molecule has 0 unspecified atom stereocenters. The molecule has 1 aliphatic heterocycles. The first-order chi connectivity index (χ1) is 14.1. The molecule has 170 valence electrons. The second-order valence-corrected chi connectivity index (χ2v) is 7.09. The molecule has 0 spiro atoms. The quantitative estimate of drug-likeness (QED) is 0.0950. The number of carbonyl (C=O) groups is 3. The fourth-order valence-corrected chi connectivity index (χ4v) is 3.18. The Morgan fingerprint density at radius 1 is 1.03 bits per heavy atom. The Labute approximate surface area is 175 Å². The van der Waals surface area contributed by atoms with Crippen LogP contribution in [0.2, 0.25) is 0 Å². The molecule has 13 nitrogen and oxygen atoms in total. The van der Waals surface area contributed by atoms with Gasteiger partial charge in [0.25, 0.3) is 0 Å². The highest BCUT2D eigenvalue weighted by Gasteiger charge is 2.37. The predicted molar refractivity (Wildman–Crippen MR) is 112 cm³/mol. The van der Waals surface area contributed by atoms with Crippen LogP contribution in [0, 0.1) is 0 Å². The average Bonchev–Trinajstić information content (AvgIpc) is 3.16. The first-order valence-corrected chi connectivity index (χ1v) is 9.83. The molecule has 0 saturated carbocycles. The van der Waals surface area contributed by atoms with Crippen LogP contribution < -0.4 is 34.0 Å². The van der Waals surface area contributed by atoms with Gasteiger partial charge >= 0.3 is 5.97 Å². The van der Waals surface area contributed by atoms with Crippen molar-refractivity contribution in [1.82, 2.24) is 10.2 Å². The second kappa shape index (κ2) is 12.5. The minimum atomic E-state index is -1.07. The van der Waals surface area contributed by atoms with Gasteiger partial charge in [0.2, 0.25) is 11.8 Å². The van der Waals surface area contributed by atoms with Gasteiger partial charge < -0.3 is 44.0 Å². The molecule has 1 rings (SSSR count). The van der Waals surface area contributed by atoms with Crippen molar-refractivity contribution in [3.63, 3.8) is 0 Å². The summed E-state index contributed by atoms with van der Waals surface area (Å²) in [5.41, 5.74) is 27.0. The summed E-state index contributed by atoms with van der Waals surface area (Å²) < 4.78 is 0. The topological polar surface area (TPSA) is 242 Å². The lowest BCUT2D eigenvalue weighted by Crippen LogP contribution is -2.54. The minimum Gasteiger partial charge on any atom is -0.480 e. The van der Waals surface area contributed by atoms with Crippen LogP contribution in [0.5, 0.6) is 0 Å². The van der Waals surface area contributed by atoms with E-state index in [1.165, 1.54) is 4.90 Å². The van der Waals surface area contributed by atoms with Crippen LogP contribution in [0.25, 0.3) is 0 Å². The maximum Gasteiger partial charge on any atom is 0.326 e. The Hall–Kier alpha value is -3.09. The molecule has 30 heavy (non-hydrogen) atoms. The lowest BCUT2D eigenvalue weighted by Gasteiger charge is -2.28. The molecule has 1 heterocycles. The molecule has 1 saturated heterocycles. The molecule has 1 aliphatic rings. The number of hydrogen-bond acceptors (Lipinski definition) is 6. The SMILES string of the molecule is NC(N)=NCCC[C@H](NC(=O)[C@@H](N)CCCN=C(N)N)C(=O)N1CCC[C@H]1C(=O)O. The van der Waals surface area contributed by atoms with Crippen molar-refractivity contribution in [2.24, 2.45) is 38.7 Å². The van der Waals surface area contributed by atoms with E-state index in [0.29, 0.717) is 45.2 Å². The third kappa shape index (κ3) is 8.51. The van der Waals surface area contributed by atoms with E-state index in [-0.39, 0.29) is 24.9 Å². The number of carbonyl (C=O) groups excluding carboxylic acids is 2. The number of guanidine groups is 2. The Morgan fingerprint density at radius 2 is 1.60 bits per heavy atom. The fraction of sp³-hybridized carbons (Fsp3) is 0.706. The number of nitrogens with zero attached hydrogens (tertiary/aromatic N) is 3. The summed E-state index contributed by atoms with van der Waals surface area (Å²) in [4.78, 5) is 45.8. The average molecular weight is 428 g/mol. The number of carboxylic acid groups (broad SMARTS) is 1. The second-order valence-electron chi connectivity index (χ2n) is 7.09. The molecule has 0 aliphatic carbocycles. The first-order valence-electron chi connectivity index (χ1n) is 9.83. The van der Waals surface area contributed by atoms with Gasteiger partial charge in [-0.1, -0.05) is 0 Å². The van der Waals surface area contributed by atoms with Gasteiger partial charge in [-0.25, -0.2) is 4.79 Å². The number of nitrogens with two attached hydrogens (primary N) is 5. The number of rotatable bonds is 12. The Kier molecular flexibility index (Phi) is 10.4. The number of hydrogen-bond donors (Lipinski definition) is 7. The summed E-state index contributed by atoms with van der Waals surface area (Å²) >= 11 is 0. The van der Waals surface area contributed by atoms with Gasteiger partial charge in [-0.2, -0.15) is 0 Å². The molecule has 0 aromatic rings. The molecular formula is C17H33N9O4. The van der Waals surface area contributed by atoms with Crippen LogP contribution in [0.4, 0.5) is 0 Å². The molecule has 0 aromatic carbocycles. The molecule has 1 fully saturated rings. The lowest BCUT2D eigenvalue weighted by atomic mass is 10.1. The van der Waals surface area contributed by atoms with Gasteiger partial charge in [0.1, 0.15) is 12.1 Å². The van der Waals surface area contributed by atoms with Gasteiger partial charge in [0.05, 0.1) is 6.04 Å². The summed E-state index contributed by atoms with van der Waals surface area (Å²) in [5, 5.41) is 12.0. The monoisotopic (exact) mass is 427 g/mol. The van der Waals surface area contributed by atoms with Crippen molar-refractivity contribution in [3.05, 3.63) is 0 Å². The highest BCUT2D eigenvalue weighted by atomic mass is 16.4. The van der Waals surface area contributed by atoms with E-state index >= 15 is 0 Å². The van der Waals surface area contributed by atoms with Crippen LogP contribution >= 0.6 is 0 Å². The number of aliphatic carboxylic acids is 1. The van der Waals surface area contributed by atoms with Crippen molar-refractivity contribution in [2.45, 2.75) is 56.7 Å². The van der Waals surface area contributed by atoms with E-state index in [1.54, 1.807) is 0 Å². The minimum absolute atomic E-state index is 0.0435. The number of carboxylic acids is 1. The lowest BCUT2D eigenvalue weighted by molar-refractivity contribution is -0.149. The zero-order valence-corrected chi connectivity index (χ0v) is 17.0. The van der Waals surface area contributed by atoms with E-state index in [0.717, 1.165) is 0 Å². The summed E-state index contributed by atoms with van der Waals surface area (Å²) in [6, 6.07) is -2.68. The van der Waals surface area contributed by atoms with E-state index in [1.807, 2.05) is 0 Å². The van der Waals surface area contributed by atoms with Crippen LogP contribution in [0.1, 0.15) is 38.5 Å². The maximum absolute atomic E-state index is 13.0. The largest absolute Gasteiger partial charge is 0.480 e. The number of aliphatic imine (C=N–C) groups is 2. The molecule has 3 atom stereocenters. The van der Waals surface area contributed by atoms with Crippen LogP contribution in [0.15, 0.2) is 9.98 Å². The van der Waals surface area contributed by atoms with Gasteiger partial charge in [-0.3, -0.25) is 19.6 Å². The van der Waals surface area contributed by atoms with Crippen LogP contribution in [-0.4, -0.2) is 77.5 Å². The summed E-state index contributed by atoms with van der Waals surface area (Å²) in [5.74, 6) is -2.15. The summed E-state index contributed by atoms with van der Waals surface area (Å²) in [6.45, 7) is 0.924. The first kappa shape index (κ1) is 24.9. The molecule has 12 N–H and O–H groups in total. The zero-order valence-electron chi connectivity index (χ0n) is 17.0. The number of likely N-dealkylation sites (tertiary alicyclic amines) is 1. The van der Waals surface area contributed by atoms with E-state index in [9.17, 15) is 19.5 Å². The van der Waals surface area contributed by atoms with Crippen LogP contribution in [-0.2, 0) is 14.4 Å². The standard InChI is InChI=1S/C17H33N9O4/c18-10(4-1-7-23-16(19)20)13(27)25-11(5-2-8-24-17(21)22)14(28)26-9-3-6-12(26)15(29)30/h10-12H,1-9,18H2,(H,25,27)(H,29,30)(H4,19,20,23)(H4,21,22,24)/t10-,11-,12-/m0/s1.